The molecule has 3 atom stereocenters. The third-order valence-corrected chi connectivity index (χ3v) is 5.89. The van der Waals surface area contributed by atoms with Crippen LogP contribution < -0.4 is 5.56 Å². The van der Waals surface area contributed by atoms with Gasteiger partial charge in [0.25, 0.3) is 5.56 Å². The molecule has 2 aromatic heterocycles. The Morgan fingerprint density at radius 1 is 1.30 bits per heavy atom. The number of thiophene rings is 1. The van der Waals surface area contributed by atoms with Crippen LogP contribution in [0.5, 0.6) is 0 Å². The highest BCUT2D eigenvalue weighted by atomic mass is 32.1. The Kier molecular flexibility index (Phi) is 4.39. The van der Waals surface area contributed by atoms with Gasteiger partial charge < -0.3 is 9.72 Å². The van der Waals surface area contributed by atoms with Crippen LogP contribution in [0.4, 0.5) is 0 Å². The monoisotopic (exact) mass is 387 g/mol. The number of imide groups is 1. The van der Waals surface area contributed by atoms with Gasteiger partial charge in [-0.25, -0.2) is 9.78 Å². The van der Waals surface area contributed by atoms with Crippen LogP contribution >= 0.6 is 11.3 Å². The third kappa shape index (κ3) is 2.97. The number of carbonyl (C=O) groups excluding carboxylic acids is 3. The van der Waals surface area contributed by atoms with Gasteiger partial charge in [0.15, 0.2) is 0 Å². The van der Waals surface area contributed by atoms with Gasteiger partial charge in [0.2, 0.25) is 11.8 Å². The first-order valence-corrected chi connectivity index (χ1v) is 9.50. The van der Waals surface area contributed by atoms with E-state index in [-0.39, 0.29) is 29.8 Å². The van der Waals surface area contributed by atoms with Crippen LogP contribution in [-0.4, -0.2) is 38.7 Å². The molecule has 1 aliphatic carbocycles. The third-order valence-electron chi connectivity index (χ3n) is 4.99. The van der Waals surface area contributed by atoms with Gasteiger partial charge >= 0.3 is 5.97 Å². The first kappa shape index (κ1) is 17.6. The predicted molar refractivity (Wildman–Crippen MR) is 96.7 cm³/mol. The molecule has 3 heterocycles. The molecule has 2 aromatic rings. The number of ether oxygens (including phenoxy) is 1. The lowest BCUT2D eigenvalue weighted by molar-refractivity contribution is -0.159. The Morgan fingerprint density at radius 3 is 2.63 bits per heavy atom. The molecule has 0 bridgehead atoms. The number of aromatic amines is 1. The van der Waals surface area contributed by atoms with E-state index in [1.165, 1.54) is 18.3 Å². The molecule has 0 saturated carbocycles. The van der Waals surface area contributed by atoms with Crippen molar-refractivity contribution >= 4 is 39.3 Å². The Balaban J connectivity index is 1.45. The second-order valence-electron chi connectivity index (χ2n) is 6.63. The smallest absolute Gasteiger partial charge is 0.329 e. The summed E-state index contributed by atoms with van der Waals surface area (Å²) in [4.78, 5) is 57.2. The van der Waals surface area contributed by atoms with Gasteiger partial charge in [-0.3, -0.25) is 19.3 Å². The minimum atomic E-state index is -1.02. The zero-order chi connectivity index (χ0) is 19.1. The number of nitrogens with one attached hydrogen (secondary N) is 1. The first-order valence-electron chi connectivity index (χ1n) is 8.62. The molecule has 0 unspecified atom stereocenters. The van der Waals surface area contributed by atoms with Gasteiger partial charge in [-0.2, -0.15) is 0 Å². The minimum absolute atomic E-state index is 0.211. The number of allylic oxidation sites excluding steroid dienone is 2. The fraction of sp³-hybridized carbons (Fsp3) is 0.389. The highest BCUT2D eigenvalue weighted by molar-refractivity contribution is 7.17. The summed E-state index contributed by atoms with van der Waals surface area (Å²) in [6.07, 6.45) is 4.81. The Labute approximate surface area is 157 Å². The number of hydrogen-bond donors (Lipinski definition) is 1. The van der Waals surface area contributed by atoms with Crippen molar-refractivity contribution < 1.29 is 19.1 Å². The summed E-state index contributed by atoms with van der Waals surface area (Å²) in [7, 11) is 0. The Morgan fingerprint density at radius 2 is 1.96 bits per heavy atom. The van der Waals surface area contributed by atoms with Crippen LogP contribution in [-0.2, 0) is 25.7 Å². The first-order chi connectivity index (χ1) is 13.0. The summed E-state index contributed by atoms with van der Waals surface area (Å²) in [5.74, 6) is -1.94. The zero-order valence-corrected chi connectivity index (χ0v) is 15.3. The second-order valence-corrected chi connectivity index (χ2v) is 7.55. The lowest BCUT2D eigenvalue weighted by Gasteiger charge is -2.21. The Hall–Kier alpha value is -2.81. The summed E-state index contributed by atoms with van der Waals surface area (Å²) < 4.78 is 5.71. The van der Waals surface area contributed by atoms with Gasteiger partial charge in [-0.1, -0.05) is 12.2 Å². The summed E-state index contributed by atoms with van der Waals surface area (Å²) in [5, 5.41) is 1.75. The number of esters is 1. The van der Waals surface area contributed by atoms with E-state index in [2.05, 4.69) is 9.97 Å². The number of nitrogens with zero attached hydrogens (tertiary/aromatic N) is 2. The molecule has 1 fully saturated rings. The summed E-state index contributed by atoms with van der Waals surface area (Å²) in [6.45, 7) is 1.23. The summed E-state index contributed by atoms with van der Waals surface area (Å²) in [6, 6.07) is 0.688. The van der Waals surface area contributed by atoms with E-state index in [4.69, 9.17) is 4.74 Å². The van der Waals surface area contributed by atoms with Gasteiger partial charge in [-0.15, -0.1) is 11.3 Å². The van der Waals surface area contributed by atoms with Crippen molar-refractivity contribution in [3.63, 3.8) is 0 Å². The molecule has 1 saturated heterocycles. The maximum absolute atomic E-state index is 12.5. The zero-order valence-electron chi connectivity index (χ0n) is 14.5. The van der Waals surface area contributed by atoms with E-state index in [9.17, 15) is 19.2 Å². The van der Waals surface area contributed by atoms with Crippen molar-refractivity contribution in [3.8, 4) is 0 Å². The fourth-order valence-electron chi connectivity index (χ4n) is 3.56. The minimum Gasteiger partial charge on any atom is -0.456 e. The number of likely N-dealkylation sites (tertiary alicyclic amines) is 1. The molecule has 4 rings (SSSR count). The topological polar surface area (TPSA) is 109 Å². The maximum atomic E-state index is 12.5. The quantitative estimate of drug-likeness (QED) is 0.482. The Bertz CT molecular complexity index is 997. The maximum Gasteiger partial charge on any atom is 0.329 e. The van der Waals surface area contributed by atoms with E-state index >= 15 is 0 Å². The van der Waals surface area contributed by atoms with E-state index in [0.29, 0.717) is 23.1 Å². The fourth-order valence-corrected chi connectivity index (χ4v) is 4.29. The van der Waals surface area contributed by atoms with E-state index in [0.717, 1.165) is 4.90 Å². The predicted octanol–water partition coefficient (Wildman–Crippen LogP) is 1.37. The number of fused-ring (bicyclic) bond motifs is 2. The molecule has 0 aromatic carbocycles. The van der Waals surface area contributed by atoms with Crippen LogP contribution in [0.25, 0.3) is 10.2 Å². The molecule has 2 aliphatic rings. The number of H-pyrrole nitrogens is 1. The molecule has 1 N–H and O–H groups in total. The number of aromatic nitrogens is 2. The van der Waals surface area contributed by atoms with E-state index < -0.39 is 23.8 Å². The number of rotatable bonds is 4. The number of amides is 2. The lowest BCUT2D eigenvalue weighted by Crippen LogP contribution is -2.44. The molecule has 8 nitrogen and oxygen atoms in total. The van der Waals surface area contributed by atoms with Crippen LogP contribution in [0.1, 0.15) is 25.6 Å². The van der Waals surface area contributed by atoms with E-state index in [1.807, 2.05) is 12.2 Å². The number of carbonyl (C=O) groups is 3. The molecule has 2 amide bonds. The average Bonchev–Trinajstić information content (AvgIpc) is 3.23. The van der Waals surface area contributed by atoms with Crippen LogP contribution in [0.2, 0.25) is 0 Å². The van der Waals surface area contributed by atoms with Crippen molar-refractivity contribution in [1.29, 1.82) is 0 Å². The van der Waals surface area contributed by atoms with Crippen LogP contribution in [0, 0.1) is 11.8 Å². The van der Waals surface area contributed by atoms with Gasteiger partial charge in [0.05, 0.1) is 17.4 Å². The molecule has 27 heavy (non-hydrogen) atoms. The molecule has 1 aliphatic heterocycles. The molecular weight excluding hydrogens is 370 g/mol. The number of hydrogen-bond acceptors (Lipinski definition) is 7. The molecule has 0 spiro atoms. The molecule has 140 valence electrons. The van der Waals surface area contributed by atoms with Crippen molar-refractivity contribution in [3.05, 3.63) is 39.8 Å². The van der Waals surface area contributed by atoms with Crippen molar-refractivity contribution in [2.75, 3.05) is 0 Å². The molecule has 9 heteroatoms. The van der Waals surface area contributed by atoms with Crippen LogP contribution in [0.3, 0.4) is 0 Å². The molecule has 0 radical (unpaired) electrons. The molecular formula is C18H17N3O5S. The summed E-state index contributed by atoms with van der Waals surface area (Å²) >= 11 is 1.28. The summed E-state index contributed by atoms with van der Waals surface area (Å²) in [5.41, 5.74) is 0.236. The lowest BCUT2D eigenvalue weighted by atomic mass is 9.85. The van der Waals surface area contributed by atoms with E-state index in [1.54, 1.807) is 11.4 Å². The van der Waals surface area contributed by atoms with Gasteiger partial charge in [-0.05, 0) is 31.2 Å². The SMILES string of the molecule is C[C@@H](C(=O)OCc1nc2ccsc2c(=O)[nH]1)N1C(=O)[C@H]2CC=CC[C@H]2C1=O. The normalized spacial score (nSPS) is 22.9. The largest absolute Gasteiger partial charge is 0.456 e. The standard InChI is InChI=1S/C18H17N3O5S/c1-9(21-16(23)10-4-2-3-5-11(10)17(21)24)18(25)26-8-13-19-12-6-7-27-14(12)15(22)20-13/h2-3,6-7,9-11H,4-5,8H2,1H3,(H,19,20,22)/t9-,10-,11+/m0/s1. The second kappa shape index (κ2) is 6.73. The van der Waals surface area contributed by atoms with Crippen molar-refractivity contribution in [1.82, 2.24) is 14.9 Å². The highest BCUT2D eigenvalue weighted by Crippen LogP contribution is 2.36. The van der Waals surface area contributed by atoms with Crippen molar-refractivity contribution in [2.24, 2.45) is 11.8 Å². The van der Waals surface area contributed by atoms with Crippen LogP contribution in [0.15, 0.2) is 28.4 Å². The van der Waals surface area contributed by atoms with Gasteiger partial charge in [0.1, 0.15) is 23.2 Å². The van der Waals surface area contributed by atoms with Crippen molar-refractivity contribution in [2.45, 2.75) is 32.4 Å². The van der Waals surface area contributed by atoms with Gasteiger partial charge in [0, 0.05) is 0 Å². The highest BCUT2D eigenvalue weighted by Gasteiger charge is 2.50. The average molecular weight is 387 g/mol.